The number of nitrogens with zero attached hydrogens (tertiary/aromatic N) is 1. The van der Waals surface area contributed by atoms with E-state index in [9.17, 15) is 13.2 Å². The monoisotopic (exact) mass is 520 g/mol. The summed E-state index contributed by atoms with van der Waals surface area (Å²) in [5.74, 6) is -0.195. The molecule has 1 aliphatic rings. The Kier molecular flexibility index (Phi) is 6.36. The van der Waals surface area contributed by atoms with Gasteiger partial charge in [0.2, 0.25) is 5.91 Å². The summed E-state index contributed by atoms with van der Waals surface area (Å²) in [6.45, 7) is 1.41. The third-order valence-corrected chi connectivity index (χ3v) is 8.47. The third kappa shape index (κ3) is 4.40. The zero-order chi connectivity index (χ0) is 25.4. The molecule has 4 aromatic rings. The number of aryl methyl sites for hydroxylation is 3. The summed E-state index contributed by atoms with van der Waals surface area (Å²) in [6.07, 6.45) is 1.95. The number of hydrogen-bond acceptors (Lipinski definition) is 4. The van der Waals surface area contributed by atoms with Crippen LogP contribution >= 0.6 is 11.6 Å². The Morgan fingerprint density at radius 3 is 2.44 bits per heavy atom. The number of carbonyl (C=O) groups is 1. The number of ether oxygens (including phenoxy) is 1. The second-order valence-electron chi connectivity index (χ2n) is 8.80. The van der Waals surface area contributed by atoms with Gasteiger partial charge in [-0.25, -0.2) is 8.42 Å². The van der Waals surface area contributed by atoms with E-state index in [0.29, 0.717) is 10.7 Å². The highest BCUT2D eigenvalue weighted by atomic mass is 35.5. The van der Waals surface area contributed by atoms with E-state index in [2.05, 4.69) is 11.4 Å². The van der Waals surface area contributed by atoms with Crippen molar-refractivity contribution in [2.45, 2.75) is 24.7 Å². The molecule has 0 spiro atoms. The summed E-state index contributed by atoms with van der Waals surface area (Å²) in [4.78, 5) is 13.4. The van der Waals surface area contributed by atoms with Crippen LogP contribution in [-0.4, -0.2) is 28.0 Å². The van der Waals surface area contributed by atoms with Crippen molar-refractivity contribution in [2.75, 3.05) is 23.3 Å². The predicted molar refractivity (Wildman–Crippen MR) is 144 cm³/mol. The number of sulfonamides is 1. The number of hydrogen-bond donors (Lipinski definition) is 1. The smallest absolute Gasteiger partial charge is 0.264 e. The van der Waals surface area contributed by atoms with Crippen molar-refractivity contribution in [3.05, 3.63) is 94.5 Å². The fourth-order valence-corrected chi connectivity index (χ4v) is 6.26. The number of anilines is 2. The van der Waals surface area contributed by atoms with Gasteiger partial charge in [-0.1, -0.05) is 53.6 Å². The molecule has 0 saturated carbocycles. The normalized spacial score (nSPS) is 12.5. The fraction of sp³-hybridized carbons (Fsp3) is 0.179. The second kappa shape index (κ2) is 9.48. The van der Waals surface area contributed by atoms with E-state index in [1.165, 1.54) is 36.4 Å². The van der Waals surface area contributed by atoms with Crippen LogP contribution in [0.15, 0.2) is 77.7 Å². The van der Waals surface area contributed by atoms with Gasteiger partial charge < -0.3 is 10.1 Å². The Bertz CT molecular complexity index is 1570. The van der Waals surface area contributed by atoms with E-state index < -0.39 is 22.5 Å². The van der Waals surface area contributed by atoms with Crippen LogP contribution in [0.1, 0.15) is 16.7 Å². The number of halogens is 1. The zero-order valence-electron chi connectivity index (χ0n) is 19.9. The lowest BCUT2D eigenvalue weighted by atomic mass is 10.0. The summed E-state index contributed by atoms with van der Waals surface area (Å²) < 4.78 is 34.0. The van der Waals surface area contributed by atoms with Gasteiger partial charge in [-0.15, -0.1) is 0 Å². The zero-order valence-corrected chi connectivity index (χ0v) is 21.5. The minimum atomic E-state index is -4.12. The third-order valence-electron chi connectivity index (χ3n) is 6.46. The van der Waals surface area contributed by atoms with Crippen molar-refractivity contribution >= 4 is 49.7 Å². The average molecular weight is 521 g/mol. The molecule has 0 bridgehead atoms. The lowest BCUT2D eigenvalue weighted by molar-refractivity contribution is -0.114. The van der Waals surface area contributed by atoms with Crippen LogP contribution in [0, 0.1) is 6.92 Å². The Balaban J connectivity index is 1.54. The molecule has 1 amide bonds. The van der Waals surface area contributed by atoms with E-state index in [1.807, 2.05) is 31.2 Å². The first kappa shape index (κ1) is 24.2. The van der Waals surface area contributed by atoms with Crippen molar-refractivity contribution in [1.29, 1.82) is 0 Å². The SMILES string of the molecule is COc1ccc(Cl)cc1N(CC(=O)Nc1ccc2c3c(cccc13)CC2)S(=O)(=O)c1ccc(C)cc1. The molecule has 4 aromatic carbocycles. The molecule has 0 aromatic heterocycles. The summed E-state index contributed by atoms with van der Waals surface area (Å²) >= 11 is 6.22. The minimum Gasteiger partial charge on any atom is -0.495 e. The summed E-state index contributed by atoms with van der Waals surface area (Å²) in [5, 5.41) is 5.37. The first-order chi connectivity index (χ1) is 17.3. The van der Waals surface area contributed by atoms with Crippen LogP contribution in [0.2, 0.25) is 5.02 Å². The molecule has 0 radical (unpaired) electrons. The van der Waals surface area contributed by atoms with Gasteiger partial charge in [-0.3, -0.25) is 9.10 Å². The molecule has 0 heterocycles. The maximum atomic E-state index is 13.8. The number of rotatable bonds is 7. The lowest BCUT2D eigenvalue weighted by Gasteiger charge is -2.26. The van der Waals surface area contributed by atoms with Gasteiger partial charge in [0.15, 0.2) is 0 Å². The van der Waals surface area contributed by atoms with Crippen molar-refractivity contribution < 1.29 is 17.9 Å². The van der Waals surface area contributed by atoms with Crippen molar-refractivity contribution in [3.63, 3.8) is 0 Å². The molecule has 0 saturated heterocycles. The van der Waals surface area contributed by atoms with E-state index >= 15 is 0 Å². The molecule has 8 heteroatoms. The van der Waals surface area contributed by atoms with Gasteiger partial charge in [-0.2, -0.15) is 0 Å². The van der Waals surface area contributed by atoms with E-state index in [4.69, 9.17) is 16.3 Å². The summed E-state index contributed by atoms with van der Waals surface area (Å²) in [6, 6.07) is 21.1. The van der Waals surface area contributed by atoms with Gasteiger partial charge >= 0.3 is 0 Å². The van der Waals surface area contributed by atoms with E-state index in [1.54, 1.807) is 24.3 Å². The fourth-order valence-electron chi connectivity index (χ4n) is 4.67. The van der Waals surface area contributed by atoms with Crippen LogP contribution in [0.5, 0.6) is 5.75 Å². The molecular formula is C28H25ClN2O4S. The van der Waals surface area contributed by atoms with Crippen LogP contribution in [0.4, 0.5) is 11.4 Å². The van der Waals surface area contributed by atoms with Gasteiger partial charge in [0.05, 0.1) is 17.7 Å². The van der Waals surface area contributed by atoms with Crippen LogP contribution < -0.4 is 14.4 Å². The Hall–Kier alpha value is -3.55. The largest absolute Gasteiger partial charge is 0.495 e. The van der Waals surface area contributed by atoms with Gasteiger partial charge in [0.1, 0.15) is 12.3 Å². The highest BCUT2D eigenvalue weighted by molar-refractivity contribution is 7.92. The first-order valence-corrected chi connectivity index (χ1v) is 13.4. The van der Waals surface area contributed by atoms with E-state index in [0.717, 1.165) is 33.5 Å². The van der Waals surface area contributed by atoms with Gasteiger partial charge in [-0.05, 0) is 72.7 Å². The van der Waals surface area contributed by atoms with Crippen molar-refractivity contribution in [2.24, 2.45) is 0 Å². The molecule has 5 rings (SSSR count). The average Bonchev–Trinajstić information content (AvgIpc) is 3.29. The van der Waals surface area contributed by atoms with Crippen molar-refractivity contribution in [3.8, 4) is 5.75 Å². The number of amides is 1. The quantitative estimate of drug-likeness (QED) is 0.337. The number of methoxy groups -OCH3 is 1. The topological polar surface area (TPSA) is 75.7 Å². The molecule has 0 fully saturated rings. The van der Waals surface area contributed by atoms with Crippen LogP contribution in [0.25, 0.3) is 10.8 Å². The van der Waals surface area contributed by atoms with Gasteiger partial charge in [0, 0.05) is 16.1 Å². The van der Waals surface area contributed by atoms with E-state index in [-0.39, 0.29) is 16.3 Å². The molecule has 6 nitrogen and oxygen atoms in total. The van der Waals surface area contributed by atoms with Crippen molar-refractivity contribution in [1.82, 2.24) is 0 Å². The molecular weight excluding hydrogens is 496 g/mol. The molecule has 1 N–H and O–H groups in total. The summed E-state index contributed by atoms with van der Waals surface area (Å²) in [7, 11) is -2.68. The molecule has 1 aliphatic carbocycles. The highest BCUT2D eigenvalue weighted by Gasteiger charge is 2.30. The van der Waals surface area contributed by atoms with Crippen LogP contribution in [0.3, 0.4) is 0 Å². The number of benzene rings is 4. The number of nitrogens with one attached hydrogen (secondary N) is 1. The first-order valence-electron chi connectivity index (χ1n) is 11.5. The molecule has 36 heavy (non-hydrogen) atoms. The Morgan fingerprint density at radius 1 is 1.00 bits per heavy atom. The number of carbonyl (C=O) groups excluding carboxylic acids is 1. The Labute approximate surface area is 215 Å². The highest BCUT2D eigenvalue weighted by Crippen LogP contribution is 2.37. The molecule has 184 valence electrons. The standard InChI is InChI=1S/C28H25ClN2O4S/c1-18-6-12-22(13-7-18)36(33,34)31(25-16-21(29)11-15-26(25)35-2)17-27(32)30-24-14-10-20-9-8-19-4-3-5-23(24)28(19)20/h3-7,10-16H,8-9,17H2,1-2H3,(H,30,32). The lowest BCUT2D eigenvalue weighted by Crippen LogP contribution is -2.38. The van der Waals surface area contributed by atoms with Crippen LogP contribution in [-0.2, 0) is 27.7 Å². The maximum Gasteiger partial charge on any atom is 0.264 e. The maximum absolute atomic E-state index is 13.8. The molecule has 0 aliphatic heterocycles. The predicted octanol–water partition coefficient (Wildman–Crippen LogP) is 5.74. The second-order valence-corrected chi connectivity index (χ2v) is 11.1. The minimum absolute atomic E-state index is 0.0632. The Morgan fingerprint density at radius 2 is 1.72 bits per heavy atom. The molecule has 0 atom stereocenters. The van der Waals surface area contributed by atoms with Gasteiger partial charge in [0.25, 0.3) is 10.0 Å². The molecule has 0 unspecified atom stereocenters. The summed E-state index contributed by atoms with van der Waals surface area (Å²) in [5.41, 5.74) is 4.26.